The molecule has 0 unspecified atom stereocenters. The summed E-state index contributed by atoms with van der Waals surface area (Å²) >= 11 is 0. The molecule has 9 heteroatoms. The van der Waals surface area contributed by atoms with E-state index in [-0.39, 0.29) is 17.7 Å². The van der Waals surface area contributed by atoms with Gasteiger partial charge in [-0.05, 0) is 99.3 Å². The molecule has 3 saturated carbocycles. The van der Waals surface area contributed by atoms with Gasteiger partial charge < -0.3 is 24.5 Å². The summed E-state index contributed by atoms with van der Waals surface area (Å²) in [5.74, 6) is 3.09. The Labute approximate surface area is 239 Å². The first-order valence-corrected chi connectivity index (χ1v) is 15.6. The molecule has 4 aromatic heterocycles. The highest BCUT2D eigenvalue weighted by Crippen LogP contribution is 2.49. The zero-order valence-corrected chi connectivity index (χ0v) is 23.4. The summed E-state index contributed by atoms with van der Waals surface area (Å²) in [6, 6.07) is 8.30. The lowest BCUT2D eigenvalue weighted by molar-refractivity contribution is -0.0939. The molecule has 0 bridgehead atoms. The maximum atomic E-state index is 13.6. The average Bonchev–Trinajstić information content (AvgIpc) is 3.25. The summed E-state index contributed by atoms with van der Waals surface area (Å²) in [5, 5.41) is 1.13. The first-order valence-electron chi connectivity index (χ1n) is 15.6. The highest BCUT2D eigenvalue weighted by atomic mass is 16.5. The van der Waals surface area contributed by atoms with Gasteiger partial charge in [0, 0.05) is 44.0 Å². The smallest absolute Gasteiger partial charge is 0.256 e. The number of hydrogen-bond acceptors (Lipinski definition) is 6. The van der Waals surface area contributed by atoms with Crippen LogP contribution in [-0.4, -0.2) is 59.8 Å². The fourth-order valence-corrected chi connectivity index (χ4v) is 8.23. The molecule has 1 amide bonds. The summed E-state index contributed by atoms with van der Waals surface area (Å²) in [7, 11) is 0. The van der Waals surface area contributed by atoms with Crippen molar-refractivity contribution in [2.45, 2.75) is 76.2 Å². The van der Waals surface area contributed by atoms with Crippen molar-refractivity contribution in [3.63, 3.8) is 0 Å². The molecule has 41 heavy (non-hydrogen) atoms. The molecular formula is C32H37N7O2. The van der Waals surface area contributed by atoms with Crippen molar-refractivity contribution in [2.75, 3.05) is 13.2 Å². The van der Waals surface area contributed by atoms with Crippen molar-refractivity contribution in [1.29, 1.82) is 0 Å². The second-order valence-corrected chi connectivity index (χ2v) is 13.5. The molecule has 2 aliphatic heterocycles. The Hall–Kier alpha value is -3.30. The van der Waals surface area contributed by atoms with Gasteiger partial charge in [-0.3, -0.25) is 4.79 Å². The molecule has 3 aliphatic carbocycles. The summed E-state index contributed by atoms with van der Waals surface area (Å²) in [4.78, 5) is 30.4. The Morgan fingerprint density at radius 2 is 1.93 bits per heavy atom. The zero-order chi connectivity index (χ0) is 27.3. The van der Waals surface area contributed by atoms with Crippen LogP contribution in [0.1, 0.15) is 61.7 Å². The Balaban J connectivity index is 1.13. The largest absolute Gasteiger partial charge is 0.375 e. The molecule has 2 N–H and O–H groups in total. The van der Waals surface area contributed by atoms with Crippen LogP contribution in [0.15, 0.2) is 36.7 Å². The first kappa shape index (κ1) is 24.3. The van der Waals surface area contributed by atoms with Gasteiger partial charge >= 0.3 is 0 Å². The van der Waals surface area contributed by atoms with Crippen LogP contribution in [0.2, 0.25) is 0 Å². The fraction of sp³-hybridized carbons (Fsp3) is 0.562. The summed E-state index contributed by atoms with van der Waals surface area (Å²) in [6.45, 7) is 3.44. The standard InChI is InChI=1S/C32H37N7O2/c33-27-24-7-6-22(24)18-38(27)31(40)23-11-25-29(35-15-23)39(17-20-13-32(14-20)8-2-10-41-32)30(36-25)26-12-21-3-1-9-34-28(21)37(26)16-19-4-5-19/h1,3,9,11-12,15,19-20,22,24,27H,2,4-8,10,13-14,16-18,33H2/t20?,22-,24-,27+,32?/m1/s1. The Bertz CT molecular complexity index is 1670. The maximum Gasteiger partial charge on any atom is 0.256 e. The van der Waals surface area contributed by atoms with E-state index in [0.717, 1.165) is 79.2 Å². The number of pyridine rings is 2. The molecule has 9 nitrogen and oxygen atoms in total. The summed E-state index contributed by atoms with van der Waals surface area (Å²) in [6.07, 6.45) is 12.8. The molecule has 9 rings (SSSR count). The van der Waals surface area contributed by atoms with Crippen molar-refractivity contribution in [1.82, 2.24) is 29.0 Å². The van der Waals surface area contributed by atoms with E-state index in [0.29, 0.717) is 29.2 Å². The molecular weight excluding hydrogens is 514 g/mol. The summed E-state index contributed by atoms with van der Waals surface area (Å²) < 4.78 is 10.8. The van der Waals surface area contributed by atoms with Crippen LogP contribution in [0, 0.1) is 23.7 Å². The third-order valence-corrected chi connectivity index (χ3v) is 10.8. The van der Waals surface area contributed by atoms with Crippen molar-refractivity contribution >= 4 is 28.1 Å². The molecule has 0 aromatic carbocycles. The number of carbonyl (C=O) groups is 1. The third-order valence-electron chi connectivity index (χ3n) is 10.8. The van der Waals surface area contributed by atoms with Crippen LogP contribution in [0.5, 0.6) is 0 Å². The van der Waals surface area contributed by atoms with E-state index >= 15 is 0 Å². The van der Waals surface area contributed by atoms with Gasteiger partial charge in [0.1, 0.15) is 11.2 Å². The monoisotopic (exact) mass is 551 g/mol. The number of rotatable bonds is 6. The van der Waals surface area contributed by atoms with E-state index in [1.54, 1.807) is 6.20 Å². The number of hydrogen-bond donors (Lipinski definition) is 1. The number of nitrogens with two attached hydrogens (primary N) is 1. The predicted molar refractivity (Wildman–Crippen MR) is 155 cm³/mol. The third kappa shape index (κ3) is 3.81. The number of carbonyl (C=O) groups excluding carboxylic acids is 1. The van der Waals surface area contributed by atoms with E-state index in [1.165, 1.54) is 32.1 Å². The van der Waals surface area contributed by atoms with E-state index in [9.17, 15) is 4.79 Å². The van der Waals surface area contributed by atoms with Gasteiger partial charge in [-0.15, -0.1) is 0 Å². The molecule has 212 valence electrons. The van der Waals surface area contributed by atoms with E-state index in [4.69, 9.17) is 25.4 Å². The Kier molecular flexibility index (Phi) is 5.25. The van der Waals surface area contributed by atoms with E-state index in [1.807, 2.05) is 23.2 Å². The van der Waals surface area contributed by atoms with Gasteiger partial charge in [-0.1, -0.05) is 0 Å². The van der Waals surface area contributed by atoms with Crippen LogP contribution < -0.4 is 5.73 Å². The van der Waals surface area contributed by atoms with Gasteiger partial charge in [0.25, 0.3) is 5.91 Å². The summed E-state index contributed by atoms with van der Waals surface area (Å²) in [5.41, 5.74) is 10.9. The minimum absolute atomic E-state index is 0.0243. The van der Waals surface area contributed by atoms with Crippen LogP contribution in [0.3, 0.4) is 0 Å². The van der Waals surface area contributed by atoms with Crippen LogP contribution in [0.25, 0.3) is 33.7 Å². The quantitative estimate of drug-likeness (QED) is 0.376. The highest BCUT2D eigenvalue weighted by molar-refractivity contribution is 5.97. The Morgan fingerprint density at radius 1 is 1.05 bits per heavy atom. The van der Waals surface area contributed by atoms with Crippen molar-refractivity contribution in [3.05, 3.63) is 42.2 Å². The van der Waals surface area contributed by atoms with Crippen molar-refractivity contribution < 1.29 is 9.53 Å². The number of fused-ring (bicyclic) bond motifs is 3. The zero-order valence-electron chi connectivity index (χ0n) is 23.4. The van der Waals surface area contributed by atoms with Crippen LogP contribution in [-0.2, 0) is 17.8 Å². The fourth-order valence-electron chi connectivity index (χ4n) is 8.23. The van der Waals surface area contributed by atoms with Crippen LogP contribution >= 0.6 is 0 Å². The molecule has 1 spiro atoms. The van der Waals surface area contributed by atoms with Gasteiger partial charge in [0.05, 0.1) is 23.0 Å². The normalized spacial score (nSPS) is 30.7. The molecule has 5 aliphatic rings. The number of amides is 1. The number of ether oxygens (including phenoxy) is 1. The van der Waals surface area contributed by atoms with E-state index in [2.05, 4.69) is 21.3 Å². The number of likely N-dealkylation sites (tertiary alicyclic amines) is 1. The van der Waals surface area contributed by atoms with Gasteiger partial charge in [0.15, 0.2) is 11.5 Å². The molecule has 5 fully saturated rings. The molecule has 3 atom stereocenters. The topological polar surface area (TPSA) is 104 Å². The lowest BCUT2D eigenvalue weighted by Gasteiger charge is -2.44. The Morgan fingerprint density at radius 3 is 2.66 bits per heavy atom. The highest BCUT2D eigenvalue weighted by Gasteiger charge is 2.48. The van der Waals surface area contributed by atoms with Gasteiger partial charge in [0.2, 0.25) is 0 Å². The lowest BCUT2D eigenvalue weighted by atomic mass is 9.69. The predicted octanol–water partition coefficient (Wildman–Crippen LogP) is 4.58. The minimum Gasteiger partial charge on any atom is -0.375 e. The SMILES string of the molecule is N[C@@H]1[C@@H]2CC[C@@H]2CN1C(=O)c1cnc2c(c1)nc(-c1cc3cccnc3n1CC1CC1)n2CC1CC2(CCCO2)C1. The number of imidazole rings is 1. The van der Waals surface area contributed by atoms with Gasteiger partial charge in [-0.25, -0.2) is 15.0 Å². The second-order valence-electron chi connectivity index (χ2n) is 13.5. The number of aromatic nitrogens is 5. The maximum absolute atomic E-state index is 13.6. The van der Waals surface area contributed by atoms with Gasteiger partial charge in [-0.2, -0.15) is 0 Å². The average molecular weight is 552 g/mol. The molecule has 6 heterocycles. The molecule has 2 saturated heterocycles. The van der Waals surface area contributed by atoms with Crippen molar-refractivity contribution in [3.8, 4) is 11.5 Å². The molecule has 0 radical (unpaired) electrons. The minimum atomic E-state index is -0.195. The first-order chi connectivity index (χ1) is 20.1. The lowest BCUT2D eigenvalue weighted by Crippen LogP contribution is -2.44. The van der Waals surface area contributed by atoms with E-state index < -0.39 is 0 Å². The number of nitrogens with zero attached hydrogens (tertiary/aromatic N) is 6. The second kappa shape index (κ2) is 8.85. The molecule has 4 aromatic rings. The van der Waals surface area contributed by atoms with Crippen molar-refractivity contribution in [2.24, 2.45) is 29.4 Å². The van der Waals surface area contributed by atoms with Crippen LogP contribution in [0.4, 0.5) is 0 Å².